The van der Waals surface area contributed by atoms with Gasteiger partial charge in [0, 0.05) is 11.8 Å². The number of ether oxygens (including phenoxy) is 3. The van der Waals surface area contributed by atoms with E-state index in [9.17, 15) is 14.7 Å². The van der Waals surface area contributed by atoms with Gasteiger partial charge in [0.15, 0.2) is 0 Å². The molecule has 1 amide bonds. The van der Waals surface area contributed by atoms with Gasteiger partial charge in [-0.05, 0) is 80.6 Å². The van der Waals surface area contributed by atoms with Gasteiger partial charge < -0.3 is 19.3 Å². The van der Waals surface area contributed by atoms with Crippen LogP contribution in [0.4, 0.5) is 5.69 Å². The van der Waals surface area contributed by atoms with Crippen molar-refractivity contribution in [3.8, 4) is 17.2 Å². The summed E-state index contributed by atoms with van der Waals surface area (Å²) in [6, 6.07) is 19.0. The Morgan fingerprint density at radius 2 is 1.49 bits per heavy atom. The molecule has 1 saturated heterocycles. The van der Waals surface area contributed by atoms with E-state index in [2.05, 4.69) is 20.8 Å². The van der Waals surface area contributed by atoms with Crippen LogP contribution >= 0.6 is 0 Å². The number of hydrogen-bond donors (Lipinski definition) is 1. The first-order valence-corrected chi connectivity index (χ1v) is 14.0. The van der Waals surface area contributed by atoms with Crippen LogP contribution in [0.2, 0.25) is 0 Å². The Bertz CT molecular complexity index is 1430. The SMILES string of the molecule is CCOc1ccc(/C(O)=C2/C(=O)C(=O)N(c3ccc(C(C)(C)C)cc3)C2c2ccc(OC(C)C)cc2)c(OCC)c1. The zero-order valence-corrected chi connectivity index (χ0v) is 24.9. The van der Waals surface area contributed by atoms with Gasteiger partial charge in [0.05, 0.1) is 36.5 Å². The van der Waals surface area contributed by atoms with Crippen molar-refractivity contribution in [2.45, 2.75) is 66.0 Å². The van der Waals surface area contributed by atoms with E-state index in [1.54, 1.807) is 30.3 Å². The summed E-state index contributed by atoms with van der Waals surface area (Å²) in [6.07, 6.45) is -0.00976. The van der Waals surface area contributed by atoms with Gasteiger partial charge in [-0.25, -0.2) is 0 Å². The number of hydrogen-bond acceptors (Lipinski definition) is 6. The van der Waals surface area contributed by atoms with Gasteiger partial charge in [-0.2, -0.15) is 0 Å². The third-order valence-electron chi connectivity index (χ3n) is 6.84. The van der Waals surface area contributed by atoms with Crippen LogP contribution in [-0.2, 0) is 15.0 Å². The molecule has 216 valence electrons. The van der Waals surface area contributed by atoms with Gasteiger partial charge in [-0.1, -0.05) is 45.0 Å². The van der Waals surface area contributed by atoms with Crippen LogP contribution in [0.1, 0.15) is 71.2 Å². The maximum atomic E-state index is 13.7. The van der Waals surface area contributed by atoms with Crippen molar-refractivity contribution in [2.24, 2.45) is 0 Å². The van der Waals surface area contributed by atoms with Crippen molar-refractivity contribution in [3.05, 3.63) is 89.0 Å². The minimum absolute atomic E-state index is 0.00976. The smallest absolute Gasteiger partial charge is 0.300 e. The molecule has 3 aromatic rings. The van der Waals surface area contributed by atoms with E-state index < -0.39 is 17.7 Å². The normalized spacial score (nSPS) is 16.8. The highest BCUT2D eigenvalue weighted by atomic mass is 16.5. The van der Waals surface area contributed by atoms with E-state index in [1.165, 1.54) is 4.90 Å². The summed E-state index contributed by atoms with van der Waals surface area (Å²) in [6.45, 7) is 14.7. The first-order valence-electron chi connectivity index (χ1n) is 14.0. The van der Waals surface area contributed by atoms with Crippen LogP contribution in [-0.4, -0.2) is 36.1 Å². The quantitative estimate of drug-likeness (QED) is 0.170. The van der Waals surface area contributed by atoms with Crippen molar-refractivity contribution in [3.63, 3.8) is 0 Å². The fraction of sp³-hybridized carbons (Fsp3) is 0.353. The maximum Gasteiger partial charge on any atom is 0.300 e. The molecule has 1 unspecified atom stereocenters. The lowest BCUT2D eigenvalue weighted by Gasteiger charge is -2.27. The second-order valence-electron chi connectivity index (χ2n) is 11.2. The van der Waals surface area contributed by atoms with Crippen LogP contribution in [0.15, 0.2) is 72.3 Å². The molecule has 0 spiro atoms. The molecule has 3 aromatic carbocycles. The largest absolute Gasteiger partial charge is 0.507 e. The number of anilines is 1. The Kier molecular flexibility index (Phi) is 8.76. The molecule has 7 heteroatoms. The van der Waals surface area contributed by atoms with Crippen LogP contribution in [0.5, 0.6) is 17.2 Å². The molecule has 1 heterocycles. The zero-order chi connectivity index (χ0) is 29.9. The summed E-state index contributed by atoms with van der Waals surface area (Å²) in [5.41, 5.74) is 2.52. The Labute approximate surface area is 242 Å². The monoisotopic (exact) mass is 557 g/mol. The molecule has 4 rings (SSSR count). The first kappa shape index (κ1) is 29.7. The molecule has 0 bridgehead atoms. The molecule has 0 saturated carbocycles. The Balaban J connectivity index is 1.90. The lowest BCUT2D eigenvalue weighted by molar-refractivity contribution is -0.132. The second-order valence-corrected chi connectivity index (χ2v) is 11.2. The first-order chi connectivity index (χ1) is 19.5. The summed E-state index contributed by atoms with van der Waals surface area (Å²) in [7, 11) is 0. The summed E-state index contributed by atoms with van der Waals surface area (Å²) >= 11 is 0. The van der Waals surface area contributed by atoms with E-state index in [1.807, 2.05) is 64.1 Å². The lowest BCUT2D eigenvalue weighted by atomic mass is 9.87. The Hall–Kier alpha value is -4.26. The van der Waals surface area contributed by atoms with Crippen molar-refractivity contribution < 1.29 is 28.9 Å². The predicted molar refractivity (Wildman–Crippen MR) is 161 cm³/mol. The van der Waals surface area contributed by atoms with Crippen LogP contribution in [0.25, 0.3) is 5.76 Å². The van der Waals surface area contributed by atoms with Crippen LogP contribution in [0.3, 0.4) is 0 Å². The maximum absolute atomic E-state index is 13.7. The molecule has 1 atom stereocenters. The fourth-order valence-electron chi connectivity index (χ4n) is 4.91. The average Bonchev–Trinajstić information content (AvgIpc) is 3.18. The minimum atomic E-state index is -0.871. The summed E-state index contributed by atoms with van der Waals surface area (Å²) in [5.74, 6) is -0.200. The number of aliphatic hydroxyl groups excluding tert-OH is 1. The number of benzene rings is 3. The summed E-state index contributed by atoms with van der Waals surface area (Å²) in [4.78, 5) is 28.8. The fourth-order valence-corrected chi connectivity index (χ4v) is 4.91. The van der Waals surface area contributed by atoms with Crippen molar-refractivity contribution in [1.82, 2.24) is 0 Å². The molecule has 1 fully saturated rings. The minimum Gasteiger partial charge on any atom is -0.507 e. The average molecular weight is 558 g/mol. The summed E-state index contributed by atoms with van der Waals surface area (Å²) in [5, 5.41) is 11.7. The highest BCUT2D eigenvalue weighted by molar-refractivity contribution is 6.51. The number of nitrogens with zero attached hydrogens (tertiary/aromatic N) is 1. The number of aliphatic hydroxyl groups is 1. The van der Waals surface area contributed by atoms with E-state index in [-0.39, 0.29) is 22.9 Å². The molecule has 1 aliphatic rings. The van der Waals surface area contributed by atoms with Crippen LogP contribution < -0.4 is 19.1 Å². The van der Waals surface area contributed by atoms with E-state index in [0.29, 0.717) is 47.3 Å². The van der Waals surface area contributed by atoms with Crippen molar-refractivity contribution in [2.75, 3.05) is 18.1 Å². The van der Waals surface area contributed by atoms with Gasteiger partial charge in [0.25, 0.3) is 11.7 Å². The topological polar surface area (TPSA) is 85.3 Å². The molecule has 7 nitrogen and oxygen atoms in total. The lowest BCUT2D eigenvalue weighted by Crippen LogP contribution is -2.29. The van der Waals surface area contributed by atoms with Crippen LogP contribution in [0, 0.1) is 0 Å². The predicted octanol–water partition coefficient (Wildman–Crippen LogP) is 7.20. The molecule has 1 aliphatic heterocycles. The molecule has 1 N–H and O–H groups in total. The van der Waals surface area contributed by atoms with Crippen molar-refractivity contribution >= 4 is 23.1 Å². The number of ketones is 1. The van der Waals surface area contributed by atoms with Gasteiger partial charge in [0.2, 0.25) is 0 Å². The zero-order valence-electron chi connectivity index (χ0n) is 24.9. The number of carbonyl (C=O) groups is 2. The number of rotatable bonds is 9. The number of carbonyl (C=O) groups excluding carboxylic acids is 2. The number of Topliss-reactive ketones (excluding diaryl/α,β-unsaturated/α-hetero) is 1. The van der Waals surface area contributed by atoms with Gasteiger partial charge >= 0.3 is 0 Å². The molecular formula is C34H39NO6. The molecule has 0 radical (unpaired) electrons. The highest BCUT2D eigenvalue weighted by Crippen LogP contribution is 2.44. The van der Waals surface area contributed by atoms with Crippen molar-refractivity contribution in [1.29, 1.82) is 0 Å². The van der Waals surface area contributed by atoms with E-state index >= 15 is 0 Å². The Morgan fingerprint density at radius 3 is 2.05 bits per heavy atom. The van der Waals surface area contributed by atoms with Gasteiger partial charge in [-0.15, -0.1) is 0 Å². The van der Waals surface area contributed by atoms with E-state index in [4.69, 9.17) is 14.2 Å². The number of amides is 1. The molecule has 0 aliphatic carbocycles. The third-order valence-corrected chi connectivity index (χ3v) is 6.84. The Morgan fingerprint density at radius 1 is 0.878 bits per heavy atom. The van der Waals surface area contributed by atoms with E-state index in [0.717, 1.165) is 5.56 Å². The highest BCUT2D eigenvalue weighted by Gasteiger charge is 2.47. The second kappa shape index (κ2) is 12.1. The summed E-state index contributed by atoms with van der Waals surface area (Å²) < 4.78 is 17.2. The standard InChI is InChI=1S/C34H39NO6/c1-8-39-26-18-19-27(28(20-26)40-9-2)31(36)29-30(22-10-16-25(17-11-22)41-21(3)4)35(33(38)32(29)37)24-14-12-23(13-15-24)34(5,6)7/h10-21,30,36H,8-9H2,1-7H3/b31-29-. The molecular weight excluding hydrogens is 518 g/mol. The van der Waals surface area contributed by atoms with Gasteiger partial charge in [-0.3, -0.25) is 14.5 Å². The third kappa shape index (κ3) is 6.24. The van der Waals surface area contributed by atoms with Gasteiger partial charge in [0.1, 0.15) is 23.0 Å². The molecule has 0 aromatic heterocycles. The molecule has 41 heavy (non-hydrogen) atoms.